The maximum atomic E-state index is 12.4. The number of carbonyl (C=O) groups is 1. The molecule has 1 heterocycles. The van der Waals surface area contributed by atoms with Gasteiger partial charge in [-0.3, -0.25) is 14.9 Å². The molecular weight excluding hydrogens is 399 g/mol. The summed E-state index contributed by atoms with van der Waals surface area (Å²) in [5, 5.41) is 16.0. The smallest absolute Gasteiger partial charge is 0.371 e. The zero-order chi connectivity index (χ0) is 19.5. The van der Waals surface area contributed by atoms with Crippen LogP contribution in [0.3, 0.4) is 0 Å². The molecule has 0 unspecified atom stereocenters. The predicted octanol–water partition coefficient (Wildman–Crippen LogP) is 1.92. The number of amides is 1. The minimum absolute atomic E-state index is 0.0187. The molecule has 1 atom stereocenters. The average molecular weight is 413 g/mol. The third-order valence-corrected chi connectivity index (χ3v) is 5.93. The van der Waals surface area contributed by atoms with Gasteiger partial charge < -0.3 is 10.6 Å². The first-order valence-electron chi connectivity index (χ1n) is 7.23. The van der Waals surface area contributed by atoms with E-state index in [4.69, 9.17) is 0 Å². The Balaban J connectivity index is 2.00. The molecule has 1 amide bonds. The number of nitrogens with zero attached hydrogens (tertiary/aromatic N) is 1. The molecular formula is C13H14F3N3O5S2. The summed E-state index contributed by atoms with van der Waals surface area (Å²) in [5.74, 6) is -0.757. The molecule has 1 aromatic rings. The Morgan fingerprint density at radius 3 is 2.62 bits per heavy atom. The molecule has 0 aromatic heterocycles. The lowest BCUT2D eigenvalue weighted by atomic mass is 10.2. The molecule has 1 aliphatic heterocycles. The van der Waals surface area contributed by atoms with Gasteiger partial charge in [-0.05, 0) is 30.3 Å². The minimum atomic E-state index is -4.58. The monoisotopic (exact) mass is 413 g/mol. The van der Waals surface area contributed by atoms with Crippen molar-refractivity contribution in [3.05, 3.63) is 28.3 Å². The van der Waals surface area contributed by atoms with Gasteiger partial charge in [0, 0.05) is 17.0 Å². The Hall–Kier alpha value is -2.02. The highest BCUT2D eigenvalue weighted by Gasteiger charge is 2.31. The van der Waals surface area contributed by atoms with Crippen LogP contribution in [0, 0.1) is 10.1 Å². The molecule has 1 fully saturated rings. The molecule has 1 aromatic carbocycles. The highest BCUT2D eigenvalue weighted by molar-refractivity contribution is 8.00. The summed E-state index contributed by atoms with van der Waals surface area (Å²) in [6.45, 7) is -0.386. The number of nitro groups is 1. The fourth-order valence-electron chi connectivity index (χ4n) is 2.37. The quantitative estimate of drug-likeness (QED) is 0.415. The van der Waals surface area contributed by atoms with Gasteiger partial charge in [-0.15, -0.1) is 0 Å². The molecule has 0 spiro atoms. The van der Waals surface area contributed by atoms with Crippen LogP contribution in [0.5, 0.6) is 0 Å². The van der Waals surface area contributed by atoms with Crippen LogP contribution in [0.25, 0.3) is 0 Å². The number of anilines is 1. The van der Waals surface area contributed by atoms with Gasteiger partial charge in [-0.1, -0.05) is 0 Å². The highest BCUT2D eigenvalue weighted by Crippen LogP contribution is 2.39. The van der Waals surface area contributed by atoms with Crippen LogP contribution in [0.2, 0.25) is 0 Å². The number of thioether (sulfide) groups is 1. The van der Waals surface area contributed by atoms with Gasteiger partial charge in [0.05, 0.1) is 23.0 Å². The first kappa shape index (κ1) is 20.3. The summed E-state index contributed by atoms with van der Waals surface area (Å²) in [4.78, 5) is 21.7. The number of carbonyl (C=O) groups excluding carboxylic acids is 1. The van der Waals surface area contributed by atoms with E-state index in [2.05, 4.69) is 10.6 Å². The predicted molar refractivity (Wildman–Crippen MR) is 88.7 cm³/mol. The van der Waals surface area contributed by atoms with Crippen molar-refractivity contribution < 1.29 is 31.3 Å². The van der Waals surface area contributed by atoms with Gasteiger partial charge in [0.2, 0.25) is 5.91 Å². The Kier molecular flexibility index (Phi) is 6.01. The Morgan fingerprint density at radius 2 is 2.08 bits per heavy atom. The van der Waals surface area contributed by atoms with Crippen molar-refractivity contribution in [3.63, 3.8) is 0 Å². The summed E-state index contributed by atoms with van der Waals surface area (Å²) in [7, 11) is -3.16. The lowest BCUT2D eigenvalue weighted by Crippen LogP contribution is -2.39. The third kappa shape index (κ3) is 6.05. The lowest BCUT2D eigenvalue weighted by Gasteiger charge is -2.12. The van der Waals surface area contributed by atoms with Crippen molar-refractivity contribution in [1.82, 2.24) is 5.32 Å². The van der Waals surface area contributed by atoms with Gasteiger partial charge in [0.15, 0.2) is 9.84 Å². The van der Waals surface area contributed by atoms with E-state index in [1.165, 1.54) is 0 Å². The number of nitro benzene ring substituents is 1. The Labute approximate surface area is 150 Å². The molecule has 8 nitrogen and oxygen atoms in total. The van der Waals surface area contributed by atoms with Gasteiger partial charge in [-0.2, -0.15) is 13.2 Å². The van der Waals surface area contributed by atoms with Gasteiger partial charge in [0.1, 0.15) is 5.69 Å². The van der Waals surface area contributed by atoms with Crippen molar-refractivity contribution >= 4 is 38.9 Å². The largest absolute Gasteiger partial charge is 0.446 e. The maximum absolute atomic E-state index is 12.4. The van der Waals surface area contributed by atoms with Crippen molar-refractivity contribution in [2.24, 2.45) is 0 Å². The number of sulfone groups is 1. The number of alkyl halides is 3. The minimum Gasteiger partial charge on any atom is -0.371 e. The molecule has 13 heteroatoms. The molecule has 0 bridgehead atoms. The molecule has 1 aliphatic rings. The molecule has 2 N–H and O–H groups in total. The molecule has 1 saturated heterocycles. The zero-order valence-electron chi connectivity index (χ0n) is 13.1. The van der Waals surface area contributed by atoms with Crippen molar-refractivity contribution in [2.75, 3.05) is 23.4 Å². The normalized spacial score (nSPS) is 19.1. The standard InChI is InChI=1S/C13H14F3N3O5S2/c14-13(15,16)25-9-1-2-10(11(5-9)19(21)22)17-6-12(20)18-8-3-4-26(23,24)7-8/h1-2,5,8,17H,3-4,6-7H2,(H,18,20)/t8-/m0/s1. The van der Waals surface area contributed by atoms with E-state index in [-0.39, 0.29) is 35.1 Å². The number of halogens is 3. The zero-order valence-corrected chi connectivity index (χ0v) is 14.7. The van der Waals surface area contributed by atoms with Gasteiger partial charge in [-0.25, -0.2) is 8.42 Å². The fraction of sp³-hybridized carbons (Fsp3) is 0.462. The number of rotatable bonds is 6. The van der Waals surface area contributed by atoms with Crippen molar-refractivity contribution in [2.45, 2.75) is 22.9 Å². The summed E-state index contributed by atoms with van der Waals surface area (Å²) in [5.41, 5.74) is -5.30. The van der Waals surface area contributed by atoms with E-state index in [9.17, 15) is 36.5 Å². The maximum Gasteiger partial charge on any atom is 0.446 e. The molecule has 0 radical (unpaired) electrons. The van der Waals surface area contributed by atoms with Gasteiger partial charge >= 0.3 is 5.51 Å². The second kappa shape index (κ2) is 7.70. The number of nitrogens with one attached hydrogen (secondary N) is 2. The van der Waals surface area contributed by atoms with Crippen LogP contribution in [-0.2, 0) is 14.6 Å². The van der Waals surface area contributed by atoms with Crippen molar-refractivity contribution in [1.29, 1.82) is 0 Å². The molecule has 0 aliphatic carbocycles. The van der Waals surface area contributed by atoms with Crippen LogP contribution >= 0.6 is 11.8 Å². The number of hydrogen-bond acceptors (Lipinski definition) is 7. The number of benzene rings is 1. The average Bonchev–Trinajstić information content (AvgIpc) is 2.83. The fourth-order valence-corrected chi connectivity index (χ4v) is 4.62. The molecule has 26 heavy (non-hydrogen) atoms. The molecule has 0 saturated carbocycles. The first-order chi connectivity index (χ1) is 12.0. The van der Waals surface area contributed by atoms with E-state index in [0.717, 1.165) is 18.2 Å². The highest BCUT2D eigenvalue weighted by atomic mass is 32.2. The summed E-state index contributed by atoms with van der Waals surface area (Å²) >= 11 is -0.482. The van der Waals surface area contributed by atoms with Crippen LogP contribution in [0.4, 0.5) is 24.5 Å². The van der Waals surface area contributed by atoms with Crippen LogP contribution in [0.1, 0.15) is 6.42 Å². The van der Waals surface area contributed by atoms with Crippen molar-refractivity contribution in [3.8, 4) is 0 Å². The van der Waals surface area contributed by atoms with Crippen LogP contribution in [-0.4, -0.2) is 48.8 Å². The Morgan fingerprint density at radius 1 is 1.38 bits per heavy atom. The second-order valence-corrected chi connectivity index (χ2v) is 8.87. The lowest BCUT2D eigenvalue weighted by molar-refractivity contribution is -0.384. The van der Waals surface area contributed by atoms with E-state index in [0.29, 0.717) is 0 Å². The van der Waals surface area contributed by atoms with Crippen LogP contribution < -0.4 is 10.6 Å². The summed E-state index contributed by atoms with van der Waals surface area (Å²) < 4.78 is 59.7. The topological polar surface area (TPSA) is 118 Å². The second-order valence-electron chi connectivity index (χ2n) is 5.50. The van der Waals surface area contributed by atoms with Crippen LogP contribution in [0.15, 0.2) is 23.1 Å². The SMILES string of the molecule is O=C(CNc1ccc(SC(F)(F)F)cc1[N+](=O)[O-])N[C@H]1CCS(=O)(=O)C1. The summed E-state index contributed by atoms with van der Waals surface area (Å²) in [6, 6.07) is 2.38. The van der Waals surface area contributed by atoms with E-state index < -0.39 is 49.7 Å². The van der Waals surface area contributed by atoms with Gasteiger partial charge in [0.25, 0.3) is 5.69 Å². The van der Waals surface area contributed by atoms with E-state index in [1.54, 1.807) is 0 Å². The Bertz CT molecular complexity index is 814. The third-order valence-electron chi connectivity index (χ3n) is 3.44. The van der Waals surface area contributed by atoms with E-state index >= 15 is 0 Å². The molecule has 144 valence electrons. The number of hydrogen-bond donors (Lipinski definition) is 2. The van der Waals surface area contributed by atoms with E-state index in [1.807, 2.05) is 0 Å². The summed E-state index contributed by atoms with van der Waals surface area (Å²) in [6.07, 6.45) is 0.289. The first-order valence-corrected chi connectivity index (χ1v) is 9.87. The molecule has 2 rings (SSSR count).